The second-order valence-corrected chi connectivity index (χ2v) is 10.0. The number of anilines is 3. The van der Waals surface area contributed by atoms with Gasteiger partial charge in [0.1, 0.15) is 0 Å². The van der Waals surface area contributed by atoms with Gasteiger partial charge in [0.05, 0.1) is 0 Å². The lowest BCUT2D eigenvalue weighted by atomic mass is 9.95. The Morgan fingerprint density at radius 2 is 0.971 bits per heavy atom. The predicted molar refractivity (Wildman–Crippen MR) is 142 cm³/mol. The molecular formula is C29H33N3O3. The monoisotopic (exact) mass is 471 g/mol. The number of amides is 3. The Hall–Kier alpha value is -3.93. The molecule has 0 aliphatic carbocycles. The molecule has 0 atom stereocenters. The van der Waals surface area contributed by atoms with E-state index in [9.17, 15) is 14.4 Å². The molecule has 0 heterocycles. The highest BCUT2D eigenvalue weighted by molar-refractivity contribution is 6.10. The highest BCUT2D eigenvalue weighted by atomic mass is 16.2. The van der Waals surface area contributed by atoms with Crippen molar-refractivity contribution in [3.8, 4) is 0 Å². The molecule has 6 nitrogen and oxygen atoms in total. The topological polar surface area (TPSA) is 87.3 Å². The molecule has 0 saturated carbocycles. The highest BCUT2D eigenvalue weighted by Gasteiger charge is 2.22. The second kappa shape index (κ2) is 10.1. The van der Waals surface area contributed by atoms with Gasteiger partial charge >= 0.3 is 0 Å². The van der Waals surface area contributed by atoms with Crippen LogP contribution in [0.3, 0.4) is 0 Å². The van der Waals surface area contributed by atoms with Crippen molar-refractivity contribution >= 4 is 34.8 Å². The van der Waals surface area contributed by atoms with Crippen molar-refractivity contribution in [3.63, 3.8) is 0 Å². The van der Waals surface area contributed by atoms with Gasteiger partial charge in [-0.2, -0.15) is 0 Å². The molecule has 0 unspecified atom stereocenters. The molecule has 0 aliphatic heterocycles. The third-order valence-corrected chi connectivity index (χ3v) is 5.93. The first-order valence-electron chi connectivity index (χ1n) is 11.6. The van der Waals surface area contributed by atoms with Crippen molar-refractivity contribution in [2.75, 3.05) is 16.0 Å². The molecule has 3 aromatic rings. The number of benzene rings is 3. The van der Waals surface area contributed by atoms with Crippen LogP contribution in [0.15, 0.2) is 54.6 Å². The van der Waals surface area contributed by atoms with Crippen molar-refractivity contribution in [2.45, 2.75) is 48.5 Å². The highest BCUT2D eigenvalue weighted by Crippen LogP contribution is 2.23. The van der Waals surface area contributed by atoms with Crippen molar-refractivity contribution in [3.05, 3.63) is 88.0 Å². The summed E-state index contributed by atoms with van der Waals surface area (Å²) in [5.74, 6) is -0.967. The molecule has 3 aromatic carbocycles. The smallest absolute Gasteiger partial charge is 0.255 e. The van der Waals surface area contributed by atoms with Crippen LogP contribution >= 0.6 is 0 Å². The standard InChI is InChI=1S/C29H33N3O3/c1-17-8-10-23(12-19(17)3)30-26(33)21-14-22(16-25(15-21)32-28(35)29(5,6)7)27(34)31-24-11-9-18(2)20(4)13-24/h8-16H,1-7H3,(H,30,33)(H,31,34)(H,32,35). The molecule has 0 bridgehead atoms. The lowest BCUT2D eigenvalue weighted by molar-refractivity contribution is -0.123. The number of carbonyl (C=O) groups is 3. The zero-order valence-corrected chi connectivity index (χ0v) is 21.4. The van der Waals surface area contributed by atoms with Gasteiger partial charge in [-0.1, -0.05) is 32.9 Å². The van der Waals surface area contributed by atoms with Gasteiger partial charge in [-0.05, 0) is 92.4 Å². The molecule has 3 amide bonds. The van der Waals surface area contributed by atoms with Crippen LogP contribution in [0.2, 0.25) is 0 Å². The predicted octanol–water partition coefficient (Wildman–Crippen LogP) is 6.41. The maximum Gasteiger partial charge on any atom is 0.255 e. The molecule has 35 heavy (non-hydrogen) atoms. The minimum absolute atomic E-state index is 0.218. The zero-order valence-electron chi connectivity index (χ0n) is 21.4. The van der Waals surface area contributed by atoms with Crippen LogP contribution in [-0.4, -0.2) is 17.7 Å². The van der Waals surface area contributed by atoms with E-state index in [0.717, 1.165) is 22.3 Å². The van der Waals surface area contributed by atoms with Crippen LogP contribution in [0.4, 0.5) is 17.1 Å². The van der Waals surface area contributed by atoms with Crippen molar-refractivity contribution in [1.82, 2.24) is 0 Å². The van der Waals surface area contributed by atoms with Gasteiger partial charge < -0.3 is 16.0 Å². The average Bonchev–Trinajstić information content (AvgIpc) is 2.78. The van der Waals surface area contributed by atoms with Crippen LogP contribution < -0.4 is 16.0 Å². The molecule has 3 rings (SSSR count). The molecule has 3 N–H and O–H groups in total. The van der Waals surface area contributed by atoms with Crippen LogP contribution in [0, 0.1) is 33.1 Å². The fourth-order valence-corrected chi connectivity index (χ4v) is 3.33. The molecule has 6 heteroatoms. The van der Waals surface area contributed by atoms with Crippen LogP contribution in [0.25, 0.3) is 0 Å². The van der Waals surface area contributed by atoms with E-state index in [-0.39, 0.29) is 28.8 Å². The number of hydrogen-bond acceptors (Lipinski definition) is 3. The molecule has 182 valence electrons. The van der Waals surface area contributed by atoms with Gasteiger partial charge in [0.2, 0.25) is 5.91 Å². The molecule has 0 aromatic heterocycles. The van der Waals surface area contributed by atoms with E-state index in [1.54, 1.807) is 32.9 Å². The molecule has 0 aliphatic rings. The zero-order chi connectivity index (χ0) is 25.9. The summed E-state index contributed by atoms with van der Waals surface area (Å²) in [5.41, 5.74) is 5.94. The van der Waals surface area contributed by atoms with Gasteiger partial charge in [-0.3, -0.25) is 14.4 Å². The Morgan fingerprint density at radius 3 is 1.34 bits per heavy atom. The Bertz CT molecular complexity index is 1220. The maximum absolute atomic E-state index is 13.1. The minimum atomic E-state index is -0.639. The van der Waals surface area contributed by atoms with Crippen LogP contribution in [-0.2, 0) is 4.79 Å². The van der Waals surface area contributed by atoms with Gasteiger partial charge in [-0.15, -0.1) is 0 Å². The Balaban J connectivity index is 1.94. The van der Waals surface area contributed by atoms with Gasteiger partial charge in [0, 0.05) is 33.6 Å². The van der Waals surface area contributed by atoms with E-state index in [1.165, 1.54) is 6.07 Å². The number of nitrogens with one attached hydrogen (secondary N) is 3. The molecule has 0 spiro atoms. The normalized spacial score (nSPS) is 11.1. The lowest BCUT2D eigenvalue weighted by Crippen LogP contribution is -2.28. The molecule has 0 fully saturated rings. The van der Waals surface area contributed by atoms with E-state index >= 15 is 0 Å². The van der Waals surface area contributed by atoms with E-state index in [4.69, 9.17) is 0 Å². The third kappa shape index (κ3) is 6.57. The van der Waals surface area contributed by atoms with Gasteiger partial charge in [-0.25, -0.2) is 0 Å². The van der Waals surface area contributed by atoms with E-state index in [1.807, 2.05) is 64.1 Å². The van der Waals surface area contributed by atoms with E-state index in [0.29, 0.717) is 17.1 Å². The largest absolute Gasteiger partial charge is 0.326 e. The van der Waals surface area contributed by atoms with Gasteiger partial charge in [0.25, 0.3) is 11.8 Å². The quantitative estimate of drug-likeness (QED) is 0.402. The molecular weight excluding hydrogens is 438 g/mol. The maximum atomic E-state index is 13.1. The second-order valence-electron chi connectivity index (χ2n) is 10.0. The fourth-order valence-electron chi connectivity index (χ4n) is 3.33. The number of hydrogen-bond donors (Lipinski definition) is 3. The summed E-state index contributed by atoms with van der Waals surface area (Å²) in [6.07, 6.45) is 0. The Morgan fingerprint density at radius 1 is 0.543 bits per heavy atom. The molecule has 0 radical (unpaired) electrons. The van der Waals surface area contributed by atoms with Crippen molar-refractivity contribution in [1.29, 1.82) is 0 Å². The van der Waals surface area contributed by atoms with Crippen molar-refractivity contribution in [2.24, 2.45) is 5.41 Å². The lowest BCUT2D eigenvalue weighted by Gasteiger charge is -2.19. The summed E-state index contributed by atoms with van der Waals surface area (Å²) in [6, 6.07) is 16.0. The van der Waals surface area contributed by atoms with E-state index < -0.39 is 5.41 Å². The first-order chi connectivity index (χ1) is 16.3. The minimum Gasteiger partial charge on any atom is -0.326 e. The number of rotatable bonds is 5. The Kier molecular flexibility index (Phi) is 7.44. The third-order valence-electron chi connectivity index (χ3n) is 5.93. The van der Waals surface area contributed by atoms with E-state index in [2.05, 4.69) is 16.0 Å². The first-order valence-corrected chi connectivity index (χ1v) is 11.6. The van der Waals surface area contributed by atoms with Crippen LogP contribution in [0.1, 0.15) is 63.7 Å². The number of carbonyl (C=O) groups excluding carboxylic acids is 3. The summed E-state index contributed by atoms with van der Waals surface area (Å²) in [4.78, 5) is 38.8. The average molecular weight is 472 g/mol. The SMILES string of the molecule is Cc1ccc(NC(=O)c2cc(NC(=O)C(C)(C)C)cc(C(=O)Nc3ccc(C)c(C)c3)c2)cc1C. The summed E-state index contributed by atoms with van der Waals surface area (Å²) in [7, 11) is 0. The summed E-state index contributed by atoms with van der Waals surface area (Å²) < 4.78 is 0. The summed E-state index contributed by atoms with van der Waals surface area (Å²) in [6.45, 7) is 13.3. The fraction of sp³-hybridized carbons (Fsp3) is 0.276. The summed E-state index contributed by atoms with van der Waals surface area (Å²) in [5, 5.41) is 8.60. The summed E-state index contributed by atoms with van der Waals surface area (Å²) >= 11 is 0. The number of aryl methyl sites for hydroxylation is 4. The van der Waals surface area contributed by atoms with Gasteiger partial charge in [0.15, 0.2) is 0 Å². The molecule has 0 saturated heterocycles. The Labute approximate surface area is 207 Å². The first kappa shape index (κ1) is 25.7. The van der Waals surface area contributed by atoms with Crippen LogP contribution in [0.5, 0.6) is 0 Å². The van der Waals surface area contributed by atoms with Crippen molar-refractivity contribution < 1.29 is 14.4 Å².